The van der Waals surface area contributed by atoms with Crippen LogP contribution in [0.4, 0.5) is 11.4 Å². The van der Waals surface area contributed by atoms with Crippen molar-refractivity contribution >= 4 is 17.3 Å². The highest BCUT2D eigenvalue weighted by atomic mass is 16.2. The summed E-state index contributed by atoms with van der Waals surface area (Å²) in [6.07, 6.45) is 0. The zero-order valence-corrected chi connectivity index (χ0v) is 15.8. The molecule has 27 heavy (non-hydrogen) atoms. The van der Waals surface area contributed by atoms with E-state index in [1.807, 2.05) is 29.2 Å². The van der Waals surface area contributed by atoms with Crippen molar-refractivity contribution in [3.63, 3.8) is 0 Å². The Balaban J connectivity index is 1.59. The summed E-state index contributed by atoms with van der Waals surface area (Å²) in [6, 6.07) is 27.6. The van der Waals surface area contributed by atoms with Crippen molar-refractivity contribution < 1.29 is 4.79 Å². The fraction of sp³-hybridized carbons (Fsp3) is 0.208. The van der Waals surface area contributed by atoms with Crippen LogP contribution in [-0.4, -0.2) is 18.5 Å². The van der Waals surface area contributed by atoms with Crippen LogP contribution in [0.25, 0.3) is 11.1 Å². The van der Waals surface area contributed by atoms with Crippen LogP contribution in [0, 0.1) is 0 Å². The van der Waals surface area contributed by atoms with Crippen LogP contribution in [-0.2, 0) is 11.3 Å². The molecule has 1 atom stereocenters. The highest BCUT2D eigenvalue weighted by Gasteiger charge is 2.30. The Morgan fingerprint density at radius 3 is 2.11 bits per heavy atom. The molecular weight excluding hydrogens is 332 g/mol. The quantitative estimate of drug-likeness (QED) is 0.651. The predicted octanol–water partition coefficient (Wildman–Crippen LogP) is 5.12. The molecule has 0 unspecified atom stereocenters. The second-order valence-corrected chi connectivity index (χ2v) is 7.17. The Morgan fingerprint density at radius 1 is 0.852 bits per heavy atom. The molecule has 3 heteroatoms. The highest BCUT2D eigenvalue weighted by molar-refractivity contribution is 5.97. The Kier molecular flexibility index (Phi) is 4.68. The maximum atomic E-state index is 12.1. The average Bonchev–Trinajstić information content (AvgIpc) is 2.69. The smallest absolute Gasteiger partial charge is 0.224 e. The summed E-state index contributed by atoms with van der Waals surface area (Å²) in [7, 11) is 0. The lowest BCUT2D eigenvalue weighted by Gasteiger charge is -2.41. The minimum atomic E-state index is 0.0989. The molecule has 0 saturated heterocycles. The van der Waals surface area contributed by atoms with Gasteiger partial charge in [0.05, 0.1) is 17.4 Å². The van der Waals surface area contributed by atoms with E-state index >= 15 is 0 Å². The van der Waals surface area contributed by atoms with E-state index in [-0.39, 0.29) is 11.9 Å². The molecule has 4 rings (SSSR count). The first-order valence-electron chi connectivity index (χ1n) is 9.41. The van der Waals surface area contributed by atoms with E-state index in [9.17, 15) is 4.79 Å². The van der Waals surface area contributed by atoms with Gasteiger partial charge in [-0.2, -0.15) is 0 Å². The Labute approximate surface area is 160 Å². The lowest BCUT2D eigenvalue weighted by molar-refractivity contribution is -0.117. The fourth-order valence-corrected chi connectivity index (χ4v) is 3.95. The summed E-state index contributed by atoms with van der Waals surface area (Å²) in [5, 5.41) is 0. The number of hydrogen-bond acceptors (Lipinski definition) is 2. The number of carbonyl (C=O) groups is 1. The van der Waals surface area contributed by atoms with Gasteiger partial charge in [-0.25, -0.2) is 0 Å². The van der Waals surface area contributed by atoms with Crippen LogP contribution >= 0.6 is 0 Å². The molecular formula is C24H24N2O. The average molecular weight is 356 g/mol. The first kappa shape index (κ1) is 17.3. The van der Waals surface area contributed by atoms with Crippen molar-refractivity contribution in [2.45, 2.75) is 26.4 Å². The van der Waals surface area contributed by atoms with Gasteiger partial charge in [0.1, 0.15) is 0 Å². The lowest BCUT2D eigenvalue weighted by atomic mass is 10.0. The number of fused-ring (bicyclic) bond motifs is 1. The van der Waals surface area contributed by atoms with E-state index in [4.69, 9.17) is 0 Å². The highest BCUT2D eigenvalue weighted by Crippen LogP contribution is 2.36. The Hall–Kier alpha value is -3.07. The Bertz CT molecular complexity index is 934. The van der Waals surface area contributed by atoms with Crippen molar-refractivity contribution in [3.05, 3.63) is 84.4 Å². The molecule has 0 radical (unpaired) electrons. The number of rotatable bonds is 3. The molecule has 0 fully saturated rings. The third kappa shape index (κ3) is 3.45. The molecule has 3 nitrogen and oxygen atoms in total. The minimum Gasteiger partial charge on any atom is -0.363 e. The van der Waals surface area contributed by atoms with Crippen LogP contribution in [0.2, 0.25) is 0 Å². The molecule has 1 amide bonds. The maximum absolute atomic E-state index is 12.1. The molecule has 0 bridgehead atoms. The van der Waals surface area contributed by atoms with Crippen molar-refractivity contribution in [2.24, 2.45) is 0 Å². The van der Waals surface area contributed by atoms with Gasteiger partial charge in [-0.15, -0.1) is 0 Å². The summed E-state index contributed by atoms with van der Waals surface area (Å²) < 4.78 is 0. The summed E-state index contributed by atoms with van der Waals surface area (Å²) in [5.74, 6) is 0.0989. The fourth-order valence-electron chi connectivity index (χ4n) is 3.95. The Morgan fingerprint density at radius 2 is 1.44 bits per heavy atom. The van der Waals surface area contributed by atoms with Crippen LogP contribution in [0.5, 0.6) is 0 Å². The number of carbonyl (C=O) groups excluding carboxylic acids is 1. The first-order valence-corrected chi connectivity index (χ1v) is 9.41. The monoisotopic (exact) mass is 356 g/mol. The van der Waals surface area contributed by atoms with E-state index in [0.717, 1.165) is 24.5 Å². The zero-order valence-electron chi connectivity index (χ0n) is 15.8. The van der Waals surface area contributed by atoms with Gasteiger partial charge in [0.25, 0.3) is 0 Å². The second-order valence-electron chi connectivity index (χ2n) is 7.17. The number of anilines is 2. The molecule has 1 aliphatic rings. The number of benzene rings is 3. The van der Waals surface area contributed by atoms with Crippen LogP contribution in [0.1, 0.15) is 19.4 Å². The second kappa shape index (κ2) is 7.28. The first-order chi connectivity index (χ1) is 13.1. The van der Waals surface area contributed by atoms with Crippen molar-refractivity contribution in [1.82, 2.24) is 0 Å². The van der Waals surface area contributed by atoms with Gasteiger partial charge in [-0.1, -0.05) is 66.7 Å². The van der Waals surface area contributed by atoms with Gasteiger partial charge in [0.15, 0.2) is 0 Å². The van der Waals surface area contributed by atoms with Gasteiger partial charge < -0.3 is 9.80 Å². The van der Waals surface area contributed by atoms with Gasteiger partial charge in [-0.05, 0) is 35.7 Å². The molecule has 1 heterocycles. The third-order valence-corrected chi connectivity index (χ3v) is 5.18. The largest absolute Gasteiger partial charge is 0.363 e. The maximum Gasteiger partial charge on any atom is 0.224 e. The van der Waals surface area contributed by atoms with E-state index < -0.39 is 0 Å². The van der Waals surface area contributed by atoms with Gasteiger partial charge in [0.2, 0.25) is 5.91 Å². The van der Waals surface area contributed by atoms with E-state index in [1.165, 1.54) is 16.7 Å². The standard InChI is InChI=1S/C24H24N2O/c1-18-16-25(23-10-6-7-11-24(23)26(18)19(2)27)17-20-12-14-22(15-13-20)21-8-4-3-5-9-21/h3-15,18H,16-17H2,1-2H3/t18-/m0/s1. The van der Waals surface area contributed by atoms with Crippen molar-refractivity contribution in [2.75, 3.05) is 16.3 Å². The number of amides is 1. The van der Waals surface area contributed by atoms with E-state index in [2.05, 4.69) is 66.4 Å². The normalized spacial score (nSPS) is 16.1. The van der Waals surface area contributed by atoms with Crippen LogP contribution in [0.15, 0.2) is 78.9 Å². The lowest BCUT2D eigenvalue weighted by Crippen LogP contribution is -2.49. The molecule has 136 valence electrons. The molecule has 0 spiro atoms. The summed E-state index contributed by atoms with van der Waals surface area (Å²) in [4.78, 5) is 16.4. The minimum absolute atomic E-state index is 0.0989. The molecule has 0 aliphatic carbocycles. The van der Waals surface area contributed by atoms with Gasteiger partial charge in [0, 0.05) is 20.0 Å². The van der Waals surface area contributed by atoms with Crippen LogP contribution < -0.4 is 9.80 Å². The van der Waals surface area contributed by atoms with Crippen molar-refractivity contribution in [1.29, 1.82) is 0 Å². The molecule has 1 aliphatic heterocycles. The van der Waals surface area contributed by atoms with Crippen molar-refractivity contribution in [3.8, 4) is 11.1 Å². The molecule has 0 saturated carbocycles. The topological polar surface area (TPSA) is 23.6 Å². The summed E-state index contributed by atoms with van der Waals surface area (Å²) in [5.41, 5.74) is 5.86. The summed E-state index contributed by atoms with van der Waals surface area (Å²) in [6.45, 7) is 5.42. The summed E-state index contributed by atoms with van der Waals surface area (Å²) >= 11 is 0. The van der Waals surface area contributed by atoms with Gasteiger partial charge in [-0.3, -0.25) is 4.79 Å². The molecule has 3 aromatic rings. The third-order valence-electron chi connectivity index (χ3n) is 5.18. The SMILES string of the molecule is CC(=O)N1c2ccccc2N(Cc2ccc(-c3ccccc3)cc2)C[C@@H]1C. The predicted molar refractivity (Wildman–Crippen MR) is 112 cm³/mol. The number of nitrogens with zero attached hydrogens (tertiary/aromatic N) is 2. The van der Waals surface area contributed by atoms with Crippen LogP contribution in [0.3, 0.4) is 0 Å². The van der Waals surface area contributed by atoms with E-state index in [0.29, 0.717) is 0 Å². The molecule has 0 N–H and O–H groups in total. The number of para-hydroxylation sites is 2. The van der Waals surface area contributed by atoms with E-state index in [1.54, 1.807) is 6.92 Å². The zero-order chi connectivity index (χ0) is 18.8. The van der Waals surface area contributed by atoms with Gasteiger partial charge >= 0.3 is 0 Å². The number of hydrogen-bond donors (Lipinski definition) is 0. The molecule has 0 aromatic heterocycles. The molecule has 3 aromatic carbocycles.